The quantitative estimate of drug-likeness (QED) is 0.319. The number of sulfone groups is 1. The van der Waals surface area contributed by atoms with Crippen molar-refractivity contribution in [2.45, 2.75) is 62.5 Å². The Labute approximate surface area is 237 Å². The molecule has 0 saturated heterocycles. The van der Waals surface area contributed by atoms with Crippen LogP contribution in [-0.4, -0.2) is 95.8 Å². The van der Waals surface area contributed by atoms with Gasteiger partial charge < -0.3 is 21.1 Å². The number of aromatic hydroxyl groups is 1. The van der Waals surface area contributed by atoms with E-state index in [0.717, 1.165) is 6.26 Å². The molecule has 2 fully saturated rings. The van der Waals surface area contributed by atoms with E-state index < -0.39 is 103 Å². The number of aliphatic hydroxyl groups excluding tert-OH is 1. The smallest absolute Gasteiger partial charge is 0.235 e. The molecule has 5 N–H and O–H groups in total. The minimum atomic E-state index is -3.66. The van der Waals surface area contributed by atoms with E-state index in [1.165, 1.54) is 25.1 Å². The molecular weight excluding hydrogens is 556 g/mol. The number of fused-ring (bicyclic) bond motifs is 3. The number of aliphatic hydroxyl groups is 2. The summed E-state index contributed by atoms with van der Waals surface area (Å²) in [6, 6.07) is 0.00595. The number of carbonyl (C=O) groups is 5. The van der Waals surface area contributed by atoms with Crippen LogP contribution in [0.3, 0.4) is 0 Å². The third kappa shape index (κ3) is 4.36. The van der Waals surface area contributed by atoms with E-state index in [-0.39, 0.29) is 22.3 Å². The zero-order valence-electron chi connectivity index (χ0n) is 24.0. The number of ketones is 4. The van der Waals surface area contributed by atoms with Gasteiger partial charge in [0.2, 0.25) is 5.91 Å². The zero-order chi connectivity index (χ0) is 31.3. The van der Waals surface area contributed by atoms with Gasteiger partial charge in [-0.3, -0.25) is 28.9 Å². The molecule has 4 rings (SSSR count). The summed E-state index contributed by atoms with van der Waals surface area (Å²) in [4.78, 5) is 68.5. The fraction of sp³-hybridized carbons (Fsp3) is 0.607. The molecule has 41 heavy (non-hydrogen) atoms. The highest BCUT2D eigenvalue weighted by Gasteiger charge is 2.73. The van der Waals surface area contributed by atoms with Gasteiger partial charge in [0, 0.05) is 17.7 Å². The van der Waals surface area contributed by atoms with Crippen LogP contribution in [0.4, 0.5) is 0 Å². The van der Waals surface area contributed by atoms with Crippen LogP contribution in [0.5, 0.6) is 5.75 Å². The van der Waals surface area contributed by atoms with Gasteiger partial charge in [0.15, 0.2) is 44.5 Å². The largest absolute Gasteiger partial charge is 0.507 e. The van der Waals surface area contributed by atoms with Gasteiger partial charge in [-0.05, 0) is 36.6 Å². The van der Waals surface area contributed by atoms with Crippen LogP contribution in [-0.2, 0) is 40.2 Å². The molecule has 1 aromatic carbocycles. The molecule has 8 atom stereocenters. The lowest BCUT2D eigenvalue weighted by Gasteiger charge is -2.56. The maximum absolute atomic E-state index is 14.2. The Morgan fingerprint density at radius 1 is 1.12 bits per heavy atom. The summed E-state index contributed by atoms with van der Waals surface area (Å²) < 4.78 is 24.8. The molecule has 3 aliphatic carbocycles. The van der Waals surface area contributed by atoms with E-state index in [4.69, 9.17) is 5.73 Å². The highest BCUT2D eigenvalue weighted by molar-refractivity contribution is 7.89. The van der Waals surface area contributed by atoms with E-state index in [2.05, 4.69) is 0 Å². The second-order valence-corrected chi connectivity index (χ2v) is 15.0. The Morgan fingerprint density at radius 2 is 1.68 bits per heavy atom. The van der Waals surface area contributed by atoms with Gasteiger partial charge in [0.1, 0.15) is 5.75 Å². The van der Waals surface area contributed by atoms with Crippen molar-refractivity contribution in [3.8, 4) is 5.75 Å². The van der Waals surface area contributed by atoms with Crippen LogP contribution < -0.4 is 5.73 Å². The van der Waals surface area contributed by atoms with E-state index in [1.807, 2.05) is 0 Å². The monoisotopic (exact) mass is 592 g/mol. The minimum Gasteiger partial charge on any atom is -0.507 e. The van der Waals surface area contributed by atoms with Gasteiger partial charge in [-0.1, -0.05) is 33.8 Å². The first-order chi connectivity index (χ1) is 18.6. The van der Waals surface area contributed by atoms with Gasteiger partial charge >= 0.3 is 0 Å². The molecule has 0 radical (unpaired) electrons. The Kier molecular flexibility index (Phi) is 7.18. The summed E-state index contributed by atoms with van der Waals surface area (Å²) >= 11 is 0. The van der Waals surface area contributed by atoms with Crippen molar-refractivity contribution in [1.29, 1.82) is 0 Å². The van der Waals surface area contributed by atoms with Gasteiger partial charge in [-0.25, -0.2) is 8.42 Å². The number of nitrogens with two attached hydrogens (primary N) is 1. The summed E-state index contributed by atoms with van der Waals surface area (Å²) in [5.74, 6) is -15.1. The predicted molar refractivity (Wildman–Crippen MR) is 145 cm³/mol. The molecular formula is C28H36N2O10S. The molecule has 1 amide bonds. The highest BCUT2D eigenvalue weighted by atomic mass is 32.2. The van der Waals surface area contributed by atoms with Crippen LogP contribution in [0, 0.1) is 23.7 Å². The summed E-state index contributed by atoms with van der Waals surface area (Å²) in [7, 11) is -0.852. The maximum atomic E-state index is 14.2. The zero-order valence-corrected chi connectivity index (χ0v) is 24.8. The number of carbonyl (C=O) groups excluding carboxylic acids is 5. The van der Waals surface area contributed by atoms with Crippen molar-refractivity contribution >= 4 is 38.9 Å². The number of hydrogen-bond acceptors (Lipinski definition) is 11. The lowest BCUT2D eigenvalue weighted by Crippen LogP contribution is -2.77. The molecule has 0 heterocycles. The third-order valence-electron chi connectivity index (χ3n) is 8.90. The average molecular weight is 593 g/mol. The summed E-state index contributed by atoms with van der Waals surface area (Å²) in [6.07, 6.45) is -0.796. The summed E-state index contributed by atoms with van der Waals surface area (Å²) in [5.41, 5.74) is 1.72. The SMILES string of the molecule is C[C@@H]1c2c(CS(C)(=O)=O)cc(C(C)(C)C)c(O)c2C(=O)C2C(=O)[C@@]3(O)C(=O)C(C(N)=O)C(=O)[C@H](N(C)C)[C@H]3[C@H](O)[C@H]21. The topological polar surface area (TPSA) is 209 Å². The molecule has 3 aliphatic rings. The fourth-order valence-corrected chi connectivity index (χ4v) is 8.02. The van der Waals surface area contributed by atoms with Crippen LogP contribution in [0.1, 0.15) is 60.7 Å². The van der Waals surface area contributed by atoms with Crippen molar-refractivity contribution < 1.29 is 47.7 Å². The van der Waals surface area contributed by atoms with Crippen molar-refractivity contribution in [1.82, 2.24) is 4.90 Å². The van der Waals surface area contributed by atoms with Crippen molar-refractivity contribution in [3.05, 3.63) is 28.3 Å². The van der Waals surface area contributed by atoms with E-state index in [1.54, 1.807) is 27.7 Å². The summed E-state index contributed by atoms with van der Waals surface area (Å²) in [5, 5.41) is 34.9. The molecule has 2 saturated carbocycles. The molecule has 0 bridgehead atoms. The molecule has 0 spiro atoms. The van der Waals surface area contributed by atoms with Crippen molar-refractivity contribution in [2.75, 3.05) is 20.4 Å². The second-order valence-electron chi connectivity index (χ2n) is 12.9. The molecule has 2 unspecified atom stereocenters. The van der Waals surface area contributed by atoms with Gasteiger partial charge in [0.05, 0.1) is 35.3 Å². The highest BCUT2D eigenvalue weighted by Crippen LogP contribution is 2.56. The van der Waals surface area contributed by atoms with Gasteiger partial charge in [-0.15, -0.1) is 0 Å². The number of primary amides is 1. The minimum absolute atomic E-state index is 0.134. The Hall–Kier alpha value is -3.00. The predicted octanol–water partition coefficient (Wildman–Crippen LogP) is -0.759. The molecule has 0 aliphatic heterocycles. The molecule has 13 heteroatoms. The lowest BCUT2D eigenvalue weighted by molar-refractivity contribution is -0.196. The van der Waals surface area contributed by atoms with Crippen LogP contribution in [0.15, 0.2) is 6.07 Å². The number of hydrogen-bond donors (Lipinski definition) is 4. The van der Waals surface area contributed by atoms with Crippen molar-refractivity contribution in [3.63, 3.8) is 0 Å². The van der Waals surface area contributed by atoms with Crippen molar-refractivity contribution in [2.24, 2.45) is 29.4 Å². The maximum Gasteiger partial charge on any atom is 0.235 e. The molecule has 12 nitrogen and oxygen atoms in total. The van der Waals surface area contributed by atoms with E-state index >= 15 is 0 Å². The first-order valence-electron chi connectivity index (χ1n) is 13.2. The Bertz CT molecular complexity index is 1510. The first-order valence-corrected chi connectivity index (χ1v) is 15.2. The first kappa shape index (κ1) is 30.9. The van der Waals surface area contributed by atoms with E-state index in [0.29, 0.717) is 0 Å². The summed E-state index contributed by atoms with van der Waals surface area (Å²) in [6.45, 7) is 6.77. The molecule has 1 aromatic rings. The number of nitrogens with zero attached hydrogens (tertiary/aromatic N) is 1. The molecule has 224 valence electrons. The average Bonchev–Trinajstić information content (AvgIpc) is 2.80. The number of likely N-dealkylation sites (N-methyl/N-ethyl adjacent to an activating group) is 1. The molecule has 0 aromatic heterocycles. The van der Waals surface area contributed by atoms with Gasteiger partial charge in [0.25, 0.3) is 0 Å². The lowest BCUT2D eigenvalue weighted by atomic mass is 9.49. The number of phenolic OH excluding ortho intramolecular Hbond substituents is 1. The van der Waals surface area contributed by atoms with Crippen LogP contribution >= 0.6 is 0 Å². The Morgan fingerprint density at radius 3 is 2.15 bits per heavy atom. The number of benzene rings is 1. The fourth-order valence-electron chi connectivity index (χ4n) is 7.22. The number of amides is 1. The van der Waals surface area contributed by atoms with E-state index in [9.17, 15) is 47.7 Å². The second kappa shape index (κ2) is 9.51. The normalized spacial score (nSPS) is 33.9. The third-order valence-corrected chi connectivity index (χ3v) is 9.73. The Balaban J connectivity index is 2.04. The number of rotatable bonds is 4. The number of phenols is 1. The van der Waals surface area contributed by atoms with Crippen LogP contribution in [0.25, 0.3) is 0 Å². The standard InChI is InChI=1S/C28H36N2O10S/c1-10-13-11(9-41(7,39)40)8-12(27(2,3)4)20(31)15(13)21(32)16-14(10)22(33)18-19(30(5)6)23(34)17(26(29)37)25(36)28(18,38)24(16)35/h8,10,14,16-19,22,31,33,38H,9H2,1-7H3,(H2,29,37)/t10-,14+,16?,17?,18+,19-,22-,28-/m1/s1. The van der Waals surface area contributed by atoms with Gasteiger partial charge in [-0.2, -0.15) is 0 Å². The number of Topliss-reactive ketones (excluding diaryl/α,β-unsaturated/α-hetero) is 4. The van der Waals surface area contributed by atoms with Crippen LogP contribution in [0.2, 0.25) is 0 Å².